The number of rotatable bonds is 12. The van der Waals surface area contributed by atoms with E-state index in [0.29, 0.717) is 13.2 Å². The van der Waals surface area contributed by atoms with E-state index in [1.807, 2.05) is 60.7 Å². The van der Waals surface area contributed by atoms with Crippen LogP contribution < -0.4 is 5.32 Å². The molecule has 0 amide bonds. The van der Waals surface area contributed by atoms with Gasteiger partial charge < -0.3 is 14.4 Å². The summed E-state index contributed by atoms with van der Waals surface area (Å²) in [6.45, 7) is 5.03. The second-order valence-corrected chi connectivity index (χ2v) is 8.35. The number of hydrogen-bond acceptors (Lipinski definition) is 4. The van der Waals surface area contributed by atoms with Crippen LogP contribution in [0.1, 0.15) is 50.9 Å². The van der Waals surface area contributed by atoms with Crippen LogP contribution in [-0.2, 0) is 13.6 Å². The van der Waals surface area contributed by atoms with Crippen LogP contribution in [0.4, 0.5) is 5.69 Å². The van der Waals surface area contributed by atoms with Gasteiger partial charge in [0.15, 0.2) is 5.78 Å². The third-order valence-corrected chi connectivity index (χ3v) is 6.19. The van der Waals surface area contributed by atoms with Crippen molar-refractivity contribution < 1.29 is 13.6 Å². The molecule has 0 bridgehead atoms. The molecule has 0 radical (unpaired) electrons. The standard InChI is InChI=1S/C21H30NO3P/c1-3-5-17-24-26(23,25-18-6-4-2)21(19-13-9-7-10-14-19)22-20-15-11-8-12-16-20/h7-16,21-22H,3-6,17-18H2,1-2H3/t21-/m0/s1. The second kappa shape index (κ2) is 11.2. The predicted octanol–water partition coefficient (Wildman–Crippen LogP) is 6.62. The highest BCUT2D eigenvalue weighted by molar-refractivity contribution is 7.54. The highest BCUT2D eigenvalue weighted by Crippen LogP contribution is 2.61. The van der Waals surface area contributed by atoms with E-state index in [0.717, 1.165) is 36.9 Å². The molecule has 0 aliphatic heterocycles. The predicted molar refractivity (Wildman–Crippen MR) is 109 cm³/mol. The number of para-hydroxylation sites is 1. The lowest BCUT2D eigenvalue weighted by atomic mass is 10.2. The Bertz CT molecular complexity index is 649. The molecule has 0 aromatic heterocycles. The van der Waals surface area contributed by atoms with Crippen LogP contribution in [0, 0.1) is 0 Å². The first-order chi connectivity index (χ1) is 12.7. The molecule has 0 saturated heterocycles. The van der Waals surface area contributed by atoms with E-state index < -0.39 is 13.4 Å². The van der Waals surface area contributed by atoms with Gasteiger partial charge in [0, 0.05) is 5.69 Å². The minimum Gasteiger partial charge on any atom is -0.368 e. The van der Waals surface area contributed by atoms with Crippen molar-refractivity contribution in [1.82, 2.24) is 0 Å². The summed E-state index contributed by atoms with van der Waals surface area (Å²) in [5, 5.41) is 3.38. The Kier molecular flexibility index (Phi) is 8.90. The maximum atomic E-state index is 13.8. The summed E-state index contributed by atoms with van der Waals surface area (Å²) in [6, 6.07) is 19.5. The van der Waals surface area contributed by atoms with Crippen LogP contribution in [0.5, 0.6) is 0 Å². The second-order valence-electron chi connectivity index (χ2n) is 6.24. The van der Waals surface area contributed by atoms with Gasteiger partial charge in [-0.05, 0) is 30.5 Å². The summed E-state index contributed by atoms with van der Waals surface area (Å²) in [5.41, 5.74) is 1.78. The van der Waals surface area contributed by atoms with Crippen LogP contribution >= 0.6 is 7.60 Å². The first-order valence-corrected chi connectivity index (χ1v) is 11.1. The highest BCUT2D eigenvalue weighted by Gasteiger charge is 2.37. The monoisotopic (exact) mass is 375 g/mol. The SMILES string of the molecule is CCCCOP(=O)(OCCCC)[C@H](Nc1ccccc1)c1ccccc1. The molecule has 2 aromatic rings. The maximum Gasteiger partial charge on any atom is 0.357 e. The first-order valence-electron chi connectivity index (χ1n) is 9.45. The molecule has 26 heavy (non-hydrogen) atoms. The van der Waals surface area contributed by atoms with Gasteiger partial charge in [-0.15, -0.1) is 0 Å². The fourth-order valence-corrected chi connectivity index (χ4v) is 4.52. The Morgan fingerprint density at radius 2 is 1.35 bits per heavy atom. The topological polar surface area (TPSA) is 47.6 Å². The zero-order chi connectivity index (χ0) is 18.7. The van der Waals surface area contributed by atoms with Gasteiger partial charge in [0.2, 0.25) is 0 Å². The molecule has 5 heteroatoms. The lowest BCUT2D eigenvalue weighted by molar-refractivity contribution is 0.194. The summed E-state index contributed by atoms with van der Waals surface area (Å²) in [6.07, 6.45) is 3.68. The minimum atomic E-state index is -3.39. The molecular formula is C21H30NO3P. The molecule has 142 valence electrons. The van der Waals surface area contributed by atoms with Crippen LogP contribution in [0.2, 0.25) is 0 Å². The first kappa shape index (κ1) is 20.7. The van der Waals surface area contributed by atoms with Crippen LogP contribution in [0.3, 0.4) is 0 Å². The Balaban J connectivity index is 2.31. The van der Waals surface area contributed by atoms with Crippen molar-refractivity contribution in [3.05, 3.63) is 66.2 Å². The van der Waals surface area contributed by atoms with Gasteiger partial charge >= 0.3 is 7.60 Å². The molecule has 0 aliphatic rings. The van der Waals surface area contributed by atoms with Gasteiger partial charge in [-0.1, -0.05) is 75.2 Å². The fourth-order valence-electron chi connectivity index (χ4n) is 2.53. The third-order valence-electron chi connectivity index (χ3n) is 4.05. The van der Waals surface area contributed by atoms with Crippen molar-refractivity contribution in [2.75, 3.05) is 18.5 Å². The lowest BCUT2D eigenvalue weighted by Gasteiger charge is -2.29. The number of benzene rings is 2. The Hall–Kier alpha value is -1.61. The summed E-state index contributed by atoms with van der Waals surface area (Å²) in [5.74, 6) is -0.542. The van der Waals surface area contributed by atoms with Gasteiger partial charge in [0.05, 0.1) is 13.2 Å². The normalized spacial score (nSPS) is 12.7. The zero-order valence-electron chi connectivity index (χ0n) is 15.8. The molecule has 0 fully saturated rings. The van der Waals surface area contributed by atoms with Gasteiger partial charge in [-0.3, -0.25) is 4.57 Å². The number of nitrogens with one attached hydrogen (secondary N) is 1. The number of hydrogen-bond donors (Lipinski definition) is 1. The molecular weight excluding hydrogens is 345 g/mol. The van der Waals surface area contributed by atoms with Gasteiger partial charge in [0.25, 0.3) is 0 Å². The van der Waals surface area contributed by atoms with Crippen molar-refractivity contribution in [3.63, 3.8) is 0 Å². The van der Waals surface area contributed by atoms with E-state index in [9.17, 15) is 4.57 Å². The highest BCUT2D eigenvalue weighted by atomic mass is 31.2. The summed E-state index contributed by atoms with van der Waals surface area (Å²) in [4.78, 5) is 0. The van der Waals surface area contributed by atoms with Crippen molar-refractivity contribution >= 4 is 13.3 Å². The van der Waals surface area contributed by atoms with E-state index in [1.54, 1.807) is 0 Å². The number of unbranched alkanes of at least 4 members (excludes halogenated alkanes) is 2. The van der Waals surface area contributed by atoms with Gasteiger partial charge in [-0.25, -0.2) is 0 Å². The molecule has 0 saturated carbocycles. The van der Waals surface area contributed by atoms with E-state index in [1.165, 1.54) is 0 Å². The Morgan fingerprint density at radius 1 is 0.846 bits per heavy atom. The van der Waals surface area contributed by atoms with Crippen molar-refractivity contribution in [2.24, 2.45) is 0 Å². The summed E-state index contributed by atoms with van der Waals surface area (Å²) in [7, 11) is -3.39. The molecule has 0 heterocycles. The van der Waals surface area contributed by atoms with E-state index in [4.69, 9.17) is 9.05 Å². The van der Waals surface area contributed by atoms with Crippen LogP contribution in [0.15, 0.2) is 60.7 Å². The fraction of sp³-hybridized carbons (Fsp3) is 0.429. The third kappa shape index (κ3) is 6.28. The van der Waals surface area contributed by atoms with Crippen LogP contribution in [-0.4, -0.2) is 13.2 Å². The minimum absolute atomic E-state index is 0.430. The molecule has 0 aliphatic carbocycles. The summed E-state index contributed by atoms with van der Waals surface area (Å²) < 4.78 is 25.5. The zero-order valence-corrected chi connectivity index (χ0v) is 16.7. The molecule has 0 unspecified atom stereocenters. The Labute approximate surface area is 157 Å². The average molecular weight is 375 g/mol. The molecule has 2 aromatic carbocycles. The molecule has 2 rings (SSSR count). The van der Waals surface area contributed by atoms with E-state index >= 15 is 0 Å². The molecule has 0 spiro atoms. The van der Waals surface area contributed by atoms with E-state index in [-0.39, 0.29) is 0 Å². The van der Waals surface area contributed by atoms with Crippen molar-refractivity contribution in [3.8, 4) is 0 Å². The number of anilines is 1. The van der Waals surface area contributed by atoms with Crippen molar-refractivity contribution in [2.45, 2.75) is 45.3 Å². The average Bonchev–Trinajstić information content (AvgIpc) is 2.68. The summed E-state index contributed by atoms with van der Waals surface area (Å²) >= 11 is 0. The quantitative estimate of drug-likeness (QED) is 0.334. The molecule has 1 atom stereocenters. The Morgan fingerprint density at radius 3 is 1.85 bits per heavy atom. The molecule has 1 N–H and O–H groups in total. The smallest absolute Gasteiger partial charge is 0.357 e. The van der Waals surface area contributed by atoms with Crippen molar-refractivity contribution in [1.29, 1.82) is 0 Å². The maximum absolute atomic E-state index is 13.8. The lowest BCUT2D eigenvalue weighted by Crippen LogP contribution is -2.16. The van der Waals surface area contributed by atoms with Gasteiger partial charge in [0.1, 0.15) is 0 Å². The van der Waals surface area contributed by atoms with Crippen LogP contribution in [0.25, 0.3) is 0 Å². The van der Waals surface area contributed by atoms with Gasteiger partial charge in [-0.2, -0.15) is 0 Å². The molecule has 4 nitrogen and oxygen atoms in total. The largest absolute Gasteiger partial charge is 0.368 e. The van der Waals surface area contributed by atoms with E-state index in [2.05, 4.69) is 19.2 Å².